The van der Waals surface area contributed by atoms with Crippen molar-refractivity contribution >= 4 is 5.91 Å². The van der Waals surface area contributed by atoms with Crippen LogP contribution in [0.1, 0.15) is 91.4 Å². The fourth-order valence-corrected chi connectivity index (χ4v) is 3.26. The lowest BCUT2D eigenvalue weighted by molar-refractivity contribution is -0.130. The lowest BCUT2D eigenvalue weighted by Gasteiger charge is -2.23. The van der Waals surface area contributed by atoms with Crippen molar-refractivity contribution in [3.05, 3.63) is 0 Å². The molecular weight excluding hydrogens is 260 g/mol. The summed E-state index contributed by atoms with van der Waals surface area (Å²) in [4.78, 5) is 14.5. The number of rotatable bonds is 12. The first-order valence-electron chi connectivity index (χ1n) is 9.31. The minimum absolute atomic E-state index is 0.0778. The van der Waals surface area contributed by atoms with Gasteiger partial charge < -0.3 is 4.90 Å². The maximum absolute atomic E-state index is 12.4. The Labute approximate surface area is 131 Å². The van der Waals surface area contributed by atoms with Crippen molar-refractivity contribution in [3.63, 3.8) is 0 Å². The van der Waals surface area contributed by atoms with Gasteiger partial charge in [-0.2, -0.15) is 0 Å². The molecule has 1 saturated heterocycles. The van der Waals surface area contributed by atoms with Crippen LogP contribution in [0.15, 0.2) is 0 Å². The Hall–Kier alpha value is -0.570. The SMILES string of the molecule is CCCCCCCCCCN1C(=O)C(CCC)NC1CC. The van der Waals surface area contributed by atoms with Crippen molar-refractivity contribution < 1.29 is 4.79 Å². The van der Waals surface area contributed by atoms with Gasteiger partial charge in [0, 0.05) is 6.54 Å². The minimum Gasteiger partial charge on any atom is -0.326 e. The molecule has 0 saturated carbocycles. The van der Waals surface area contributed by atoms with Crippen LogP contribution in [0.2, 0.25) is 0 Å². The summed E-state index contributed by atoms with van der Waals surface area (Å²) in [5.41, 5.74) is 0. The molecule has 2 atom stereocenters. The van der Waals surface area contributed by atoms with Gasteiger partial charge in [-0.15, -0.1) is 0 Å². The number of nitrogens with one attached hydrogen (secondary N) is 1. The van der Waals surface area contributed by atoms with Crippen LogP contribution < -0.4 is 5.32 Å². The quantitative estimate of drug-likeness (QED) is 0.539. The standard InChI is InChI=1S/C18H36N2O/c1-4-7-8-9-10-11-12-13-15-20-17(6-3)19-16(14-5-2)18(20)21/h16-17,19H,4-15H2,1-3H3. The molecule has 1 aliphatic rings. The fourth-order valence-electron chi connectivity index (χ4n) is 3.26. The van der Waals surface area contributed by atoms with Crippen LogP contribution in [0.5, 0.6) is 0 Å². The van der Waals surface area contributed by atoms with E-state index in [0.717, 1.165) is 32.2 Å². The predicted molar refractivity (Wildman–Crippen MR) is 90.2 cm³/mol. The van der Waals surface area contributed by atoms with Gasteiger partial charge in [0.2, 0.25) is 5.91 Å². The van der Waals surface area contributed by atoms with Crippen molar-refractivity contribution in [1.29, 1.82) is 0 Å². The van der Waals surface area contributed by atoms with Gasteiger partial charge in [0.15, 0.2) is 0 Å². The summed E-state index contributed by atoms with van der Waals surface area (Å²) in [6.07, 6.45) is 13.9. The second-order valence-electron chi connectivity index (χ2n) is 6.44. The molecule has 0 bridgehead atoms. The first-order valence-corrected chi connectivity index (χ1v) is 9.31. The van der Waals surface area contributed by atoms with Gasteiger partial charge in [-0.05, 0) is 19.3 Å². The van der Waals surface area contributed by atoms with E-state index < -0.39 is 0 Å². The van der Waals surface area contributed by atoms with Crippen molar-refractivity contribution in [2.24, 2.45) is 0 Å². The van der Waals surface area contributed by atoms with E-state index in [4.69, 9.17) is 0 Å². The molecule has 0 aromatic rings. The average molecular weight is 296 g/mol. The molecule has 1 N–H and O–H groups in total. The van der Waals surface area contributed by atoms with E-state index in [9.17, 15) is 4.79 Å². The Morgan fingerprint density at radius 3 is 2.10 bits per heavy atom. The lowest BCUT2D eigenvalue weighted by Crippen LogP contribution is -2.37. The van der Waals surface area contributed by atoms with Crippen LogP contribution in [0.4, 0.5) is 0 Å². The smallest absolute Gasteiger partial charge is 0.241 e. The van der Waals surface area contributed by atoms with E-state index in [1.54, 1.807) is 0 Å². The van der Waals surface area contributed by atoms with E-state index >= 15 is 0 Å². The number of hydrogen-bond acceptors (Lipinski definition) is 2. The zero-order chi connectivity index (χ0) is 15.5. The van der Waals surface area contributed by atoms with E-state index in [1.807, 2.05) is 0 Å². The van der Waals surface area contributed by atoms with Crippen LogP contribution in [-0.4, -0.2) is 29.6 Å². The van der Waals surface area contributed by atoms with Crippen LogP contribution >= 0.6 is 0 Å². The molecule has 1 amide bonds. The first-order chi connectivity index (χ1) is 10.2. The number of carbonyl (C=O) groups excluding carboxylic acids is 1. The van der Waals surface area contributed by atoms with E-state index in [0.29, 0.717) is 5.91 Å². The number of nitrogens with zero attached hydrogens (tertiary/aromatic N) is 1. The predicted octanol–water partition coefficient (Wildman–Crippen LogP) is 4.46. The van der Waals surface area contributed by atoms with Gasteiger partial charge in [0.05, 0.1) is 12.2 Å². The van der Waals surface area contributed by atoms with Gasteiger partial charge in [0.25, 0.3) is 0 Å². The van der Waals surface area contributed by atoms with Crippen LogP contribution in [-0.2, 0) is 4.79 Å². The molecule has 0 spiro atoms. The highest BCUT2D eigenvalue weighted by Crippen LogP contribution is 2.18. The molecule has 0 aromatic heterocycles. The molecule has 0 aromatic carbocycles. The molecule has 3 heteroatoms. The second kappa shape index (κ2) is 11.1. The minimum atomic E-state index is 0.0778. The number of amides is 1. The fraction of sp³-hybridized carbons (Fsp3) is 0.944. The third-order valence-corrected chi connectivity index (χ3v) is 4.57. The Bertz CT molecular complexity index is 280. The maximum atomic E-state index is 12.4. The van der Waals surface area contributed by atoms with Gasteiger partial charge in [-0.3, -0.25) is 10.1 Å². The Morgan fingerprint density at radius 2 is 1.52 bits per heavy atom. The highest BCUT2D eigenvalue weighted by atomic mass is 16.2. The molecule has 1 heterocycles. The zero-order valence-corrected chi connectivity index (χ0v) is 14.5. The first kappa shape index (κ1) is 18.5. The zero-order valence-electron chi connectivity index (χ0n) is 14.5. The summed E-state index contributed by atoms with van der Waals surface area (Å²) >= 11 is 0. The van der Waals surface area contributed by atoms with Gasteiger partial charge in [-0.25, -0.2) is 0 Å². The summed E-state index contributed by atoms with van der Waals surface area (Å²) in [5, 5.41) is 3.49. The Kier molecular flexibility index (Phi) is 9.73. The van der Waals surface area contributed by atoms with Crippen LogP contribution in [0.25, 0.3) is 0 Å². The summed E-state index contributed by atoms with van der Waals surface area (Å²) < 4.78 is 0. The summed E-state index contributed by atoms with van der Waals surface area (Å²) in [7, 11) is 0. The van der Waals surface area contributed by atoms with Crippen molar-refractivity contribution in [2.45, 2.75) is 104 Å². The number of carbonyl (C=O) groups is 1. The molecule has 124 valence electrons. The topological polar surface area (TPSA) is 32.3 Å². The molecule has 0 radical (unpaired) electrons. The Balaban J connectivity index is 2.16. The highest BCUT2D eigenvalue weighted by molar-refractivity contribution is 5.84. The van der Waals surface area contributed by atoms with E-state index in [2.05, 4.69) is 31.0 Å². The molecule has 1 aliphatic heterocycles. The van der Waals surface area contributed by atoms with Crippen molar-refractivity contribution in [3.8, 4) is 0 Å². The second-order valence-corrected chi connectivity index (χ2v) is 6.44. The summed E-state index contributed by atoms with van der Waals surface area (Å²) in [5.74, 6) is 0.339. The third kappa shape index (κ3) is 6.37. The molecular formula is C18H36N2O. The molecule has 21 heavy (non-hydrogen) atoms. The van der Waals surface area contributed by atoms with Crippen LogP contribution in [0.3, 0.4) is 0 Å². The van der Waals surface area contributed by atoms with Crippen molar-refractivity contribution in [1.82, 2.24) is 10.2 Å². The number of unbranched alkanes of at least 4 members (excludes halogenated alkanes) is 7. The Morgan fingerprint density at radius 1 is 0.905 bits per heavy atom. The van der Waals surface area contributed by atoms with Gasteiger partial charge in [0.1, 0.15) is 0 Å². The van der Waals surface area contributed by atoms with Crippen LogP contribution in [0, 0.1) is 0 Å². The molecule has 0 aliphatic carbocycles. The summed E-state index contributed by atoms with van der Waals surface area (Å²) in [6.45, 7) is 7.52. The highest BCUT2D eigenvalue weighted by Gasteiger charge is 2.36. The molecule has 1 rings (SSSR count). The van der Waals surface area contributed by atoms with Crippen molar-refractivity contribution in [2.75, 3.05) is 6.54 Å². The van der Waals surface area contributed by atoms with E-state index in [1.165, 1.54) is 44.9 Å². The third-order valence-electron chi connectivity index (χ3n) is 4.57. The maximum Gasteiger partial charge on any atom is 0.241 e. The summed E-state index contributed by atoms with van der Waals surface area (Å²) in [6, 6.07) is 0.0778. The molecule has 1 fully saturated rings. The number of hydrogen-bond donors (Lipinski definition) is 1. The monoisotopic (exact) mass is 296 g/mol. The lowest BCUT2D eigenvalue weighted by atomic mass is 10.1. The largest absolute Gasteiger partial charge is 0.326 e. The van der Waals surface area contributed by atoms with E-state index in [-0.39, 0.29) is 12.2 Å². The van der Waals surface area contributed by atoms with Gasteiger partial charge in [-0.1, -0.05) is 72.1 Å². The van der Waals surface area contributed by atoms with Gasteiger partial charge >= 0.3 is 0 Å². The average Bonchev–Trinajstić information content (AvgIpc) is 2.79. The molecule has 2 unspecified atom stereocenters. The molecule has 3 nitrogen and oxygen atoms in total. The normalized spacial score (nSPS) is 22.2.